The Morgan fingerprint density at radius 1 is 0.500 bits per heavy atom. The summed E-state index contributed by atoms with van der Waals surface area (Å²) >= 11 is 0. The van der Waals surface area contributed by atoms with Crippen molar-refractivity contribution < 1.29 is 0 Å². The SMILES string of the molecule is C(C#Cc1ccc(N2CCSSCC2)cc1)#Cc1ccc(N2CCSSCC2)cc1. The molecule has 0 amide bonds. The summed E-state index contributed by atoms with van der Waals surface area (Å²) in [5.41, 5.74) is 4.60. The zero-order valence-corrected chi connectivity index (χ0v) is 20.1. The highest BCUT2D eigenvalue weighted by Crippen LogP contribution is 2.27. The Morgan fingerprint density at radius 2 is 0.833 bits per heavy atom. The first-order valence-electron chi connectivity index (χ1n) is 10.1. The van der Waals surface area contributed by atoms with Crippen molar-refractivity contribution in [1.82, 2.24) is 0 Å². The Labute approximate surface area is 196 Å². The number of rotatable bonds is 2. The summed E-state index contributed by atoms with van der Waals surface area (Å²) in [6, 6.07) is 17.1. The van der Waals surface area contributed by atoms with Gasteiger partial charge in [0, 0.05) is 71.7 Å². The van der Waals surface area contributed by atoms with Gasteiger partial charge in [-0.3, -0.25) is 0 Å². The maximum Gasteiger partial charge on any atom is 0.0367 e. The van der Waals surface area contributed by atoms with Crippen LogP contribution >= 0.6 is 43.2 Å². The van der Waals surface area contributed by atoms with Crippen molar-refractivity contribution in [3.8, 4) is 23.7 Å². The van der Waals surface area contributed by atoms with Crippen LogP contribution < -0.4 is 9.80 Å². The third-order valence-electron chi connectivity index (χ3n) is 4.89. The number of benzene rings is 2. The lowest BCUT2D eigenvalue weighted by Gasteiger charge is -2.21. The van der Waals surface area contributed by atoms with E-state index in [9.17, 15) is 0 Å². The second-order valence-electron chi connectivity index (χ2n) is 6.86. The van der Waals surface area contributed by atoms with E-state index >= 15 is 0 Å². The summed E-state index contributed by atoms with van der Waals surface area (Å²) < 4.78 is 0. The van der Waals surface area contributed by atoms with Gasteiger partial charge < -0.3 is 9.80 Å². The molecular weight excluding hydrogens is 445 g/mol. The number of anilines is 2. The zero-order chi connectivity index (χ0) is 20.4. The number of nitrogens with zero attached hydrogens (tertiary/aromatic N) is 2. The fourth-order valence-corrected chi connectivity index (χ4v) is 7.24. The van der Waals surface area contributed by atoms with Gasteiger partial charge in [-0.2, -0.15) is 0 Å². The van der Waals surface area contributed by atoms with Crippen LogP contribution in [0.1, 0.15) is 11.1 Å². The van der Waals surface area contributed by atoms with Crippen molar-refractivity contribution >= 4 is 54.6 Å². The van der Waals surface area contributed by atoms with Crippen LogP contribution in [0.5, 0.6) is 0 Å². The molecule has 0 spiro atoms. The Kier molecular flexibility index (Phi) is 8.58. The summed E-state index contributed by atoms with van der Waals surface area (Å²) in [4.78, 5) is 4.91. The maximum atomic E-state index is 3.16. The molecule has 0 unspecified atom stereocenters. The molecule has 2 aromatic carbocycles. The smallest absolute Gasteiger partial charge is 0.0367 e. The fourth-order valence-electron chi connectivity index (χ4n) is 3.28. The summed E-state index contributed by atoms with van der Waals surface area (Å²) in [6.07, 6.45) is 0. The summed E-state index contributed by atoms with van der Waals surface area (Å²) in [5, 5.41) is 0. The van der Waals surface area contributed by atoms with E-state index in [2.05, 4.69) is 82.0 Å². The zero-order valence-electron chi connectivity index (χ0n) is 16.8. The first-order valence-corrected chi connectivity index (χ1v) is 15.1. The van der Waals surface area contributed by atoms with Gasteiger partial charge in [-0.1, -0.05) is 55.0 Å². The molecule has 0 aromatic heterocycles. The summed E-state index contributed by atoms with van der Waals surface area (Å²) in [7, 11) is 7.88. The molecule has 6 heteroatoms. The second-order valence-corrected chi connectivity index (χ2v) is 12.3. The second kappa shape index (κ2) is 11.8. The van der Waals surface area contributed by atoms with E-state index in [0.29, 0.717) is 0 Å². The lowest BCUT2D eigenvalue weighted by Crippen LogP contribution is -2.26. The molecule has 2 aromatic rings. The standard InChI is InChI=1S/C24H24N2S4/c1(3-21-5-9-23(10-6-21)25-13-17-27-28-18-14-25)2-4-22-7-11-24(12-8-22)26-15-19-29-30-20-16-26/h5-12H,13-20H2. The molecule has 2 aliphatic rings. The minimum absolute atomic E-state index is 1.01. The van der Waals surface area contributed by atoms with Gasteiger partial charge in [-0.15, -0.1) is 0 Å². The van der Waals surface area contributed by atoms with Gasteiger partial charge in [0.1, 0.15) is 0 Å². The predicted octanol–water partition coefficient (Wildman–Crippen LogP) is 5.49. The van der Waals surface area contributed by atoms with Crippen LogP contribution in [0.2, 0.25) is 0 Å². The third kappa shape index (κ3) is 6.53. The van der Waals surface area contributed by atoms with Crippen molar-refractivity contribution in [2.45, 2.75) is 0 Å². The Bertz CT molecular complexity index is 840. The van der Waals surface area contributed by atoms with Crippen LogP contribution in [-0.2, 0) is 0 Å². The average Bonchev–Trinajstić information content (AvgIpc) is 3.23. The monoisotopic (exact) mass is 468 g/mol. The van der Waals surface area contributed by atoms with Gasteiger partial charge in [0.25, 0.3) is 0 Å². The molecule has 2 heterocycles. The quantitative estimate of drug-likeness (QED) is 0.421. The highest BCUT2D eigenvalue weighted by Gasteiger charge is 2.10. The van der Waals surface area contributed by atoms with E-state index in [1.165, 1.54) is 34.4 Å². The lowest BCUT2D eigenvalue weighted by atomic mass is 10.2. The Morgan fingerprint density at radius 3 is 1.17 bits per heavy atom. The molecule has 2 aliphatic heterocycles. The molecule has 0 saturated carbocycles. The number of hydrogen-bond donors (Lipinski definition) is 0. The van der Waals surface area contributed by atoms with Gasteiger partial charge >= 0.3 is 0 Å². The normalized spacial score (nSPS) is 17.1. The molecule has 0 aliphatic carbocycles. The number of hydrogen-bond acceptors (Lipinski definition) is 6. The molecule has 154 valence electrons. The summed E-state index contributed by atoms with van der Waals surface area (Å²) in [5.74, 6) is 17.0. The van der Waals surface area contributed by atoms with E-state index in [-0.39, 0.29) is 0 Å². The van der Waals surface area contributed by atoms with E-state index in [4.69, 9.17) is 0 Å². The van der Waals surface area contributed by atoms with Gasteiger partial charge in [0.2, 0.25) is 0 Å². The highest BCUT2D eigenvalue weighted by molar-refractivity contribution is 8.77. The Hall–Kier alpha value is -1.44. The Balaban J connectivity index is 1.34. The molecule has 2 saturated heterocycles. The topological polar surface area (TPSA) is 6.48 Å². The minimum Gasteiger partial charge on any atom is -0.370 e. The van der Waals surface area contributed by atoms with Crippen molar-refractivity contribution in [2.24, 2.45) is 0 Å². The van der Waals surface area contributed by atoms with Gasteiger partial charge in [0.05, 0.1) is 0 Å². The molecular formula is C24H24N2S4. The van der Waals surface area contributed by atoms with Crippen molar-refractivity contribution in [2.75, 3.05) is 59.0 Å². The molecule has 0 atom stereocenters. The molecule has 2 fully saturated rings. The van der Waals surface area contributed by atoms with Crippen LogP contribution in [-0.4, -0.2) is 49.2 Å². The molecule has 0 radical (unpaired) electrons. The average molecular weight is 469 g/mol. The first-order chi connectivity index (χ1) is 14.9. The third-order valence-corrected chi connectivity index (χ3v) is 9.62. The molecule has 0 bridgehead atoms. The van der Waals surface area contributed by atoms with Crippen LogP contribution in [0, 0.1) is 23.7 Å². The van der Waals surface area contributed by atoms with Crippen molar-refractivity contribution in [3.05, 3.63) is 59.7 Å². The van der Waals surface area contributed by atoms with Gasteiger partial charge in [-0.25, -0.2) is 0 Å². The molecule has 4 rings (SSSR count). The lowest BCUT2D eigenvalue weighted by molar-refractivity contribution is 0.884. The molecule has 0 N–H and O–H groups in total. The van der Waals surface area contributed by atoms with Crippen LogP contribution in [0.25, 0.3) is 0 Å². The van der Waals surface area contributed by atoms with Crippen LogP contribution in [0.3, 0.4) is 0 Å². The summed E-state index contributed by atoms with van der Waals surface area (Å²) in [6.45, 7) is 4.45. The minimum atomic E-state index is 1.01. The van der Waals surface area contributed by atoms with Crippen molar-refractivity contribution in [1.29, 1.82) is 0 Å². The van der Waals surface area contributed by atoms with E-state index < -0.39 is 0 Å². The van der Waals surface area contributed by atoms with Crippen LogP contribution in [0.15, 0.2) is 48.5 Å². The highest BCUT2D eigenvalue weighted by atomic mass is 33.1. The molecule has 30 heavy (non-hydrogen) atoms. The van der Waals surface area contributed by atoms with E-state index in [0.717, 1.165) is 37.3 Å². The molecule has 2 nitrogen and oxygen atoms in total. The van der Waals surface area contributed by atoms with E-state index in [1.54, 1.807) is 0 Å². The maximum absolute atomic E-state index is 3.16. The fraction of sp³-hybridized carbons (Fsp3) is 0.333. The van der Waals surface area contributed by atoms with Gasteiger partial charge in [0.15, 0.2) is 0 Å². The van der Waals surface area contributed by atoms with Gasteiger partial charge in [-0.05, 0) is 60.4 Å². The van der Waals surface area contributed by atoms with Crippen molar-refractivity contribution in [3.63, 3.8) is 0 Å². The van der Waals surface area contributed by atoms with E-state index in [1.807, 2.05) is 43.2 Å². The largest absolute Gasteiger partial charge is 0.370 e. The first kappa shape index (κ1) is 21.8. The predicted molar refractivity (Wildman–Crippen MR) is 141 cm³/mol. The van der Waals surface area contributed by atoms with Crippen LogP contribution in [0.4, 0.5) is 11.4 Å².